The molecule has 6 nitrogen and oxygen atoms in total. The van der Waals surface area contributed by atoms with Crippen molar-refractivity contribution in [1.29, 1.82) is 0 Å². The molecule has 2 aliphatic rings. The number of carbonyl (C=O) groups excluding carboxylic acids is 1. The van der Waals surface area contributed by atoms with Crippen LogP contribution in [0.15, 0.2) is 29.6 Å². The summed E-state index contributed by atoms with van der Waals surface area (Å²) in [6, 6.07) is 2.02. The second kappa shape index (κ2) is 7.09. The fraction of sp³-hybridized carbons (Fsp3) is 0.444. The molecule has 7 heteroatoms. The molecule has 1 fully saturated rings. The van der Waals surface area contributed by atoms with Gasteiger partial charge in [0, 0.05) is 42.8 Å². The lowest BCUT2D eigenvalue weighted by Crippen LogP contribution is -2.33. The van der Waals surface area contributed by atoms with Crippen LogP contribution in [0, 0.1) is 12.8 Å². The molecule has 132 valence electrons. The molecule has 2 aromatic rings. The largest absolute Gasteiger partial charge is 0.351 e. The Morgan fingerprint density at radius 3 is 3.28 bits per heavy atom. The number of thioether (sulfide) groups is 1. The van der Waals surface area contributed by atoms with Crippen molar-refractivity contribution in [2.75, 3.05) is 36.8 Å². The molecule has 2 aromatic heterocycles. The van der Waals surface area contributed by atoms with E-state index in [9.17, 15) is 4.79 Å². The van der Waals surface area contributed by atoms with Gasteiger partial charge in [-0.15, -0.1) is 11.8 Å². The van der Waals surface area contributed by atoms with Crippen molar-refractivity contribution in [2.45, 2.75) is 13.3 Å². The maximum absolute atomic E-state index is 12.5. The molecule has 25 heavy (non-hydrogen) atoms. The fourth-order valence-corrected chi connectivity index (χ4v) is 4.38. The molecule has 0 saturated carbocycles. The maximum atomic E-state index is 12.5. The summed E-state index contributed by atoms with van der Waals surface area (Å²) in [4.78, 5) is 23.1. The van der Waals surface area contributed by atoms with E-state index in [2.05, 4.69) is 32.4 Å². The first kappa shape index (κ1) is 16.5. The standard InChI is InChI=1S/C18H23N5OS/c1-12-8-21-17-16(12)14(3-5-20-17)23-6-7-25-15(11-23)18(24)22-10-13-2-4-19-9-13/h3,5,8,11,13,19H,2,4,6-7,9-10H2,1H3,(H,20,21)(H,22,24)/t13-/m0/s1. The van der Waals surface area contributed by atoms with Crippen molar-refractivity contribution in [3.8, 4) is 0 Å². The van der Waals surface area contributed by atoms with Gasteiger partial charge in [-0.2, -0.15) is 0 Å². The molecule has 3 N–H and O–H groups in total. The summed E-state index contributed by atoms with van der Waals surface area (Å²) in [6.45, 7) is 5.77. The summed E-state index contributed by atoms with van der Waals surface area (Å²) in [7, 11) is 0. The fourth-order valence-electron chi connectivity index (χ4n) is 3.46. The van der Waals surface area contributed by atoms with Crippen LogP contribution in [0.5, 0.6) is 0 Å². The predicted molar refractivity (Wildman–Crippen MR) is 103 cm³/mol. The highest BCUT2D eigenvalue weighted by Crippen LogP contribution is 2.32. The van der Waals surface area contributed by atoms with E-state index in [1.807, 2.05) is 24.7 Å². The average Bonchev–Trinajstić information content (AvgIpc) is 3.30. The quantitative estimate of drug-likeness (QED) is 0.780. The first-order valence-electron chi connectivity index (χ1n) is 8.75. The van der Waals surface area contributed by atoms with Crippen molar-refractivity contribution < 1.29 is 4.79 Å². The van der Waals surface area contributed by atoms with Gasteiger partial charge in [0.25, 0.3) is 5.91 Å². The Kier molecular flexibility index (Phi) is 4.67. The Labute approximate surface area is 151 Å². The monoisotopic (exact) mass is 357 g/mol. The lowest BCUT2D eigenvalue weighted by atomic mass is 10.1. The second-order valence-corrected chi connectivity index (χ2v) is 7.77. The Morgan fingerprint density at radius 2 is 2.44 bits per heavy atom. The zero-order valence-electron chi connectivity index (χ0n) is 14.3. The number of nitrogens with zero attached hydrogens (tertiary/aromatic N) is 2. The number of amides is 1. The molecule has 0 bridgehead atoms. The van der Waals surface area contributed by atoms with Crippen molar-refractivity contribution in [2.24, 2.45) is 5.92 Å². The third kappa shape index (κ3) is 3.39. The van der Waals surface area contributed by atoms with Gasteiger partial charge < -0.3 is 20.5 Å². The third-order valence-electron chi connectivity index (χ3n) is 4.86. The van der Waals surface area contributed by atoms with Gasteiger partial charge in [-0.1, -0.05) is 0 Å². The Bertz CT molecular complexity index is 809. The minimum atomic E-state index is 0.0395. The number of H-pyrrole nitrogens is 1. The van der Waals surface area contributed by atoms with Gasteiger partial charge >= 0.3 is 0 Å². The molecule has 0 aliphatic carbocycles. The van der Waals surface area contributed by atoms with Gasteiger partial charge in [0.1, 0.15) is 5.65 Å². The summed E-state index contributed by atoms with van der Waals surface area (Å²) < 4.78 is 0. The molecule has 1 saturated heterocycles. The van der Waals surface area contributed by atoms with Crippen LogP contribution >= 0.6 is 11.8 Å². The van der Waals surface area contributed by atoms with E-state index < -0.39 is 0 Å². The first-order valence-corrected chi connectivity index (χ1v) is 9.74. The van der Waals surface area contributed by atoms with E-state index in [0.717, 1.165) is 60.0 Å². The maximum Gasteiger partial charge on any atom is 0.259 e. The van der Waals surface area contributed by atoms with Gasteiger partial charge in [-0.25, -0.2) is 4.98 Å². The highest BCUT2D eigenvalue weighted by atomic mass is 32.2. The predicted octanol–water partition coefficient (Wildman–Crippen LogP) is 1.99. The van der Waals surface area contributed by atoms with E-state index in [1.54, 1.807) is 11.8 Å². The zero-order chi connectivity index (χ0) is 17.2. The number of pyridine rings is 1. The molecule has 0 aromatic carbocycles. The second-order valence-electron chi connectivity index (χ2n) is 6.63. The number of hydrogen-bond donors (Lipinski definition) is 3. The van der Waals surface area contributed by atoms with E-state index in [-0.39, 0.29) is 5.91 Å². The number of hydrogen-bond acceptors (Lipinski definition) is 5. The van der Waals surface area contributed by atoms with Crippen LogP contribution in [-0.4, -0.2) is 47.8 Å². The number of aromatic nitrogens is 2. The Balaban J connectivity index is 1.53. The van der Waals surface area contributed by atoms with Crippen LogP contribution in [0.25, 0.3) is 11.0 Å². The molecular weight excluding hydrogens is 334 g/mol. The van der Waals surface area contributed by atoms with Gasteiger partial charge in [-0.3, -0.25) is 4.79 Å². The van der Waals surface area contributed by atoms with Crippen LogP contribution in [0.4, 0.5) is 5.69 Å². The van der Waals surface area contributed by atoms with E-state index >= 15 is 0 Å². The minimum absolute atomic E-state index is 0.0395. The summed E-state index contributed by atoms with van der Waals surface area (Å²) in [5.41, 5.74) is 3.17. The summed E-state index contributed by atoms with van der Waals surface area (Å²) in [6.07, 6.45) is 6.92. The lowest BCUT2D eigenvalue weighted by molar-refractivity contribution is -0.117. The number of anilines is 1. The number of carbonyl (C=O) groups is 1. The number of nitrogens with one attached hydrogen (secondary N) is 3. The third-order valence-corrected chi connectivity index (χ3v) is 5.85. The van der Waals surface area contributed by atoms with E-state index in [0.29, 0.717) is 5.92 Å². The summed E-state index contributed by atoms with van der Waals surface area (Å²) in [5, 5.41) is 7.56. The van der Waals surface area contributed by atoms with Crippen LogP contribution in [0.1, 0.15) is 12.0 Å². The number of fused-ring (bicyclic) bond motifs is 1. The molecule has 1 amide bonds. The van der Waals surface area contributed by atoms with Crippen LogP contribution in [-0.2, 0) is 4.79 Å². The molecule has 4 heterocycles. The van der Waals surface area contributed by atoms with Crippen LogP contribution in [0.2, 0.25) is 0 Å². The van der Waals surface area contributed by atoms with Gasteiger partial charge in [0.2, 0.25) is 0 Å². The Hall–Kier alpha value is -1.99. The molecule has 1 atom stereocenters. The zero-order valence-corrected chi connectivity index (χ0v) is 15.2. The van der Waals surface area contributed by atoms with Crippen LogP contribution in [0.3, 0.4) is 0 Å². The molecule has 0 unspecified atom stereocenters. The molecule has 0 spiro atoms. The highest BCUT2D eigenvalue weighted by Gasteiger charge is 2.22. The molecule has 2 aliphatic heterocycles. The van der Waals surface area contributed by atoms with Gasteiger partial charge in [0.15, 0.2) is 0 Å². The number of rotatable bonds is 4. The molecular formula is C18H23N5OS. The van der Waals surface area contributed by atoms with Gasteiger partial charge in [-0.05, 0) is 44.0 Å². The van der Waals surface area contributed by atoms with Crippen molar-refractivity contribution >= 4 is 34.4 Å². The molecule has 0 radical (unpaired) electrons. The SMILES string of the molecule is Cc1c[nH]c2nccc(N3C=C(C(=O)NC[C@H]4CCNC4)SCC3)c12. The van der Waals surface area contributed by atoms with Crippen molar-refractivity contribution in [3.63, 3.8) is 0 Å². The normalized spacial score (nSPS) is 20.8. The van der Waals surface area contributed by atoms with E-state index in [1.165, 1.54) is 5.56 Å². The number of aryl methyl sites for hydroxylation is 1. The minimum Gasteiger partial charge on any atom is -0.351 e. The lowest BCUT2D eigenvalue weighted by Gasteiger charge is -2.27. The average molecular weight is 357 g/mol. The van der Waals surface area contributed by atoms with Gasteiger partial charge in [0.05, 0.1) is 10.6 Å². The van der Waals surface area contributed by atoms with Crippen molar-refractivity contribution in [3.05, 3.63) is 35.1 Å². The highest BCUT2D eigenvalue weighted by molar-refractivity contribution is 8.04. The summed E-state index contributed by atoms with van der Waals surface area (Å²) in [5.74, 6) is 1.49. The summed E-state index contributed by atoms with van der Waals surface area (Å²) >= 11 is 1.63. The van der Waals surface area contributed by atoms with Crippen molar-refractivity contribution in [1.82, 2.24) is 20.6 Å². The van der Waals surface area contributed by atoms with Crippen LogP contribution < -0.4 is 15.5 Å². The van der Waals surface area contributed by atoms with E-state index in [4.69, 9.17) is 0 Å². The first-order chi connectivity index (χ1) is 12.2. The topological polar surface area (TPSA) is 73.0 Å². The smallest absolute Gasteiger partial charge is 0.259 e. The Morgan fingerprint density at radius 1 is 1.52 bits per heavy atom. The molecule has 4 rings (SSSR count). The number of aromatic amines is 1.